The summed E-state index contributed by atoms with van der Waals surface area (Å²) < 4.78 is 6.53. The minimum Gasteiger partial charge on any atom is -0.492 e. The van der Waals surface area contributed by atoms with Gasteiger partial charge in [-0.1, -0.05) is 29.3 Å². The van der Waals surface area contributed by atoms with E-state index in [9.17, 15) is 9.59 Å². The highest BCUT2D eigenvalue weighted by Gasteiger charge is 2.18. The van der Waals surface area contributed by atoms with Gasteiger partial charge in [-0.25, -0.2) is 0 Å². The highest BCUT2D eigenvalue weighted by atomic mass is 79.9. The number of benzene rings is 1. The third-order valence-electron chi connectivity index (χ3n) is 3.31. The van der Waals surface area contributed by atoms with E-state index in [1.54, 1.807) is 7.05 Å². The van der Waals surface area contributed by atoms with Crippen molar-refractivity contribution in [1.82, 2.24) is 10.2 Å². The molecule has 1 aromatic rings. The van der Waals surface area contributed by atoms with Crippen LogP contribution in [0, 0.1) is 0 Å². The molecule has 0 aliphatic carbocycles. The zero-order chi connectivity index (χ0) is 17.2. The van der Waals surface area contributed by atoms with E-state index in [0.29, 0.717) is 19.6 Å². The van der Waals surface area contributed by atoms with Crippen LogP contribution in [0.2, 0.25) is 0 Å². The molecular formula is C16H23BrN2O4. The number of carbonyl (C=O) groups is 2. The minimum absolute atomic E-state index is 0.00570. The topological polar surface area (TPSA) is 78.9 Å². The Morgan fingerprint density at radius 2 is 2.00 bits per heavy atom. The van der Waals surface area contributed by atoms with Crippen molar-refractivity contribution in [3.63, 3.8) is 0 Å². The van der Waals surface area contributed by atoms with Crippen molar-refractivity contribution in [2.75, 3.05) is 26.7 Å². The van der Waals surface area contributed by atoms with Crippen LogP contribution in [0.5, 0.6) is 5.75 Å². The zero-order valence-electron chi connectivity index (χ0n) is 13.4. The van der Waals surface area contributed by atoms with Crippen LogP contribution in [0.25, 0.3) is 0 Å². The van der Waals surface area contributed by atoms with E-state index in [1.807, 2.05) is 31.2 Å². The van der Waals surface area contributed by atoms with Gasteiger partial charge in [0.1, 0.15) is 18.4 Å². The molecule has 128 valence electrons. The molecular weight excluding hydrogens is 364 g/mol. The first-order valence-corrected chi connectivity index (χ1v) is 8.31. The molecule has 0 saturated heterocycles. The maximum Gasteiger partial charge on any atom is 0.320 e. The van der Waals surface area contributed by atoms with Crippen LogP contribution >= 0.6 is 15.9 Å². The molecule has 7 heteroatoms. The summed E-state index contributed by atoms with van der Waals surface area (Å²) in [6.07, 6.45) is 1.24. The van der Waals surface area contributed by atoms with Gasteiger partial charge in [-0.3, -0.25) is 14.9 Å². The van der Waals surface area contributed by atoms with Gasteiger partial charge in [0.2, 0.25) is 5.91 Å². The molecule has 1 unspecified atom stereocenters. The number of ether oxygens (including phenoxy) is 1. The monoisotopic (exact) mass is 386 g/mol. The van der Waals surface area contributed by atoms with Gasteiger partial charge in [-0.15, -0.1) is 0 Å². The second-order valence-corrected chi connectivity index (χ2v) is 6.09. The fourth-order valence-electron chi connectivity index (χ4n) is 1.90. The van der Waals surface area contributed by atoms with Crippen LogP contribution in [0.15, 0.2) is 28.7 Å². The molecule has 2 N–H and O–H groups in total. The van der Waals surface area contributed by atoms with Gasteiger partial charge in [-0.05, 0) is 30.7 Å². The van der Waals surface area contributed by atoms with Gasteiger partial charge >= 0.3 is 5.97 Å². The number of nitrogens with one attached hydrogen (secondary N) is 1. The van der Waals surface area contributed by atoms with E-state index in [4.69, 9.17) is 9.84 Å². The molecule has 0 aromatic heterocycles. The molecule has 0 aliphatic heterocycles. The quantitative estimate of drug-likeness (QED) is 0.643. The largest absolute Gasteiger partial charge is 0.492 e. The number of carboxylic acid groups (broad SMARTS) is 1. The van der Waals surface area contributed by atoms with E-state index in [-0.39, 0.29) is 12.5 Å². The zero-order valence-corrected chi connectivity index (χ0v) is 15.0. The number of carboxylic acids is 1. The Labute approximate surface area is 144 Å². The molecule has 1 aromatic carbocycles. The van der Waals surface area contributed by atoms with Crippen LogP contribution in [0.4, 0.5) is 0 Å². The van der Waals surface area contributed by atoms with Crippen molar-refractivity contribution in [2.24, 2.45) is 0 Å². The number of nitrogens with zero attached hydrogens (tertiary/aromatic N) is 1. The summed E-state index contributed by atoms with van der Waals surface area (Å²) in [7, 11) is 1.67. The van der Waals surface area contributed by atoms with Crippen molar-refractivity contribution in [2.45, 2.75) is 25.8 Å². The van der Waals surface area contributed by atoms with Crippen LogP contribution < -0.4 is 10.1 Å². The Bertz CT molecular complexity index is 507. The summed E-state index contributed by atoms with van der Waals surface area (Å²) in [6.45, 7) is 2.72. The van der Waals surface area contributed by atoms with E-state index < -0.39 is 12.0 Å². The normalized spacial score (nSPS) is 11.8. The predicted molar refractivity (Wildman–Crippen MR) is 91.6 cm³/mol. The number of carbonyl (C=O) groups excluding carboxylic acids is 1. The molecule has 23 heavy (non-hydrogen) atoms. The number of likely N-dealkylation sites (N-methyl/N-ethyl adjacent to an activating group) is 1. The van der Waals surface area contributed by atoms with Gasteiger partial charge in [0.05, 0.1) is 13.1 Å². The average molecular weight is 387 g/mol. The molecule has 1 atom stereocenters. The Morgan fingerprint density at radius 3 is 2.57 bits per heavy atom. The Morgan fingerprint density at radius 1 is 1.35 bits per heavy atom. The number of hydrogen-bond acceptors (Lipinski definition) is 4. The van der Waals surface area contributed by atoms with Crippen LogP contribution in [0.3, 0.4) is 0 Å². The van der Waals surface area contributed by atoms with Crippen LogP contribution in [0.1, 0.15) is 19.8 Å². The van der Waals surface area contributed by atoms with Gasteiger partial charge in [0.25, 0.3) is 0 Å². The molecule has 0 radical (unpaired) electrons. The maximum atomic E-state index is 12.0. The smallest absolute Gasteiger partial charge is 0.320 e. The number of aliphatic carboxylic acids is 1. The van der Waals surface area contributed by atoms with Crippen molar-refractivity contribution < 1.29 is 19.4 Å². The lowest BCUT2D eigenvalue weighted by atomic mass is 10.2. The Kier molecular flexibility index (Phi) is 8.65. The number of hydrogen-bond donors (Lipinski definition) is 2. The summed E-state index contributed by atoms with van der Waals surface area (Å²) in [4.78, 5) is 24.5. The predicted octanol–water partition coefficient (Wildman–Crippen LogP) is 2.13. The van der Waals surface area contributed by atoms with Crippen LogP contribution in [-0.4, -0.2) is 54.7 Å². The molecule has 0 heterocycles. The maximum absolute atomic E-state index is 12.0. The summed E-state index contributed by atoms with van der Waals surface area (Å²) in [5.41, 5.74) is 0. The fraction of sp³-hybridized carbons (Fsp3) is 0.500. The van der Waals surface area contributed by atoms with Gasteiger partial charge in [-0.2, -0.15) is 0 Å². The molecule has 1 rings (SSSR count). The Hall–Kier alpha value is -1.60. The van der Waals surface area contributed by atoms with Gasteiger partial charge in [0.15, 0.2) is 0 Å². The van der Waals surface area contributed by atoms with Crippen LogP contribution in [-0.2, 0) is 9.59 Å². The SMILES string of the molecule is CCCC(NCC(=O)N(C)CCOc1ccc(Br)cc1)C(=O)O. The highest BCUT2D eigenvalue weighted by molar-refractivity contribution is 9.10. The molecule has 0 bridgehead atoms. The third-order valence-corrected chi connectivity index (χ3v) is 3.84. The lowest BCUT2D eigenvalue weighted by molar-refractivity contribution is -0.140. The van der Waals surface area contributed by atoms with Crippen molar-refractivity contribution >= 4 is 27.8 Å². The van der Waals surface area contributed by atoms with Crippen molar-refractivity contribution in [1.29, 1.82) is 0 Å². The minimum atomic E-state index is -0.930. The Balaban J connectivity index is 2.30. The van der Waals surface area contributed by atoms with E-state index >= 15 is 0 Å². The summed E-state index contributed by atoms with van der Waals surface area (Å²) in [5, 5.41) is 11.8. The first-order valence-electron chi connectivity index (χ1n) is 7.52. The standard InChI is InChI=1S/C16H23BrN2O4/c1-3-4-14(16(21)22)18-11-15(20)19(2)9-10-23-13-7-5-12(17)6-8-13/h5-8,14,18H,3-4,9-11H2,1-2H3,(H,21,22). The highest BCUT2D eigenvalue weighted by Crippen LogP contribution is 2.15. The number of amides is 1. The van der Waals surface area contributed by atoms with E-state index in [0.717, 1.165) is 16.6 Å². The lowest BCUT2D eigenvalue weighted by Gasteiger charge is -2.19. The molecule has 0 fully saturated rings. The van der Waals surface area contributed by atoms with Crippen molar-refractivity contribution in [3.05, 3.63) is 28.7 Å². The third kappa shape index (κ3) is 7.47. The molecule has 0 aliphatic rings. The second-order valence-electron chi connectivity index (χ2n) is 5.18. The summed E-state index contributed by atoms with van der Waals surface area (Å²) >= 11 is 3.35. The molecule has 0 spiro atoms. The fourth-order valence-corrected chi connectivity index (χ4v) is 2.17. The van der Waals surface area contributed by atoms with Crippen molar-refractivity contribution in [3.8, 4) is 5.75 Å². The number of rotatable bonds is 10. The molecule has 6 nitrogen and oxygen atoms in total. The first kappa shape index (κ1) is 19.4. The molecule has 0 saturated carbocycles. The number of halogens is 1. The van der Waals surface area contributed by atoms with Gasteiger partial charge < -0.3 is 14.7 Å². The van der Waals surface area contributed by atoms with E-state index in [2.05, 4.69) is 21.2 Å². The average Bonchev–Trinajstić information content (AvgIpc) is 2.52. The summed E-state index contributed by atoms with van der Waals surface area (Å²) in [5.74, 6) is -0.353. The van der Waals surface area contributed by atoms with E-state index in [1.165, 1.54) is 4.90 Å². The second kappa shape index (κ2) is 10.2. The first-order chi connectivity index (χ1) is 10.9. The lowest BCUT2D eigenvalue weighted by Crippen LogP contribution is -2.44. The summed E-state index contributed by atoms with van der Waals surface area (Å²) in [6, 6.07) is 6.77. The van der Waals surface area contributed by atoms with Gasteiger partial charge in [0, 0.05) is 11.5 Å². The molecule has 1 amide bonds.